The maximum Gasteiger partial charge on any atom is 0.402 e. The molecule has 14 heteroatoms. The van der Waals surface area contributed by atoms with Crippen LogP contribution in [0.25, 0.3) is 11.3 Å². The van der Waals surface area contributed by atoms with E-state index >= 15 is 0 Å². The molecule has 0 spiro atoms. The summed E-state index contributed by atoms with van der Waals surface area (Å²) in [5.74, 6) is -1.49. The number of fused-ring (bicyclic) bond motifs is 1. The smallest absolute Gasteiger partial charge is 0.402 e. The largest absolute Gasteiger partial charge is 0.416 e. The maximum atomic E-state index is 13.4. The number of benzene rings is 1. The Balaban J connectivity index is 1.38. The normalized spacial score (nSPS) is 16.3. The number of amides is 1. The van der Waals surface area contributed by atoms with Gasteiger partial charge in [0, 0.05) is 38.1 Å². The second-order valence-electron chi connectivity index (χ2n) is 10.3. The standard InChI is InChI=1S/C26H28F3N9O2/c1-25(2,26(27,28)29)23-36-35-22(40-23)21(39)33-20-8-10-37(3)13-16-11-15(5-6-18(16)20)19-7-9-30-24(34-19)32-17-12-31-38(4)14-17/h5-7,9,11-12,14,20H,8,10,13H2,1-4H3,(H,33,39)(H,30,32,34)/t20-/m1/s1. The van der Waals surface area contributed by atoms with Crippen LogP contribution in [-0.2, 0) is 19.0 Å². The number of rotatable bonds is 6. The zero-order valence-corrected chi connectivity index (χ0v) is 22.3. The van der Waals surface area contributed by atoms with E-state index < -0.39 is 35.3 Å². The SMILES string of the molecule is CN1CC[C@@H](NC(=O)c2nnc(C(C)(C)C(F)(F)F)o2)c2ccc(-c3ccnc(Nc4cnn(C)c4)n3)cc2C1. The number of halogens is 3. The lowest BCUT2D eigenvalue weighted by molar-refractivity contribution is -0.186. The van der Waals surface area contributed by atoms with E-state index in [9.17, 15) is 18.0 Å². The van der Waals surface area contributed by atoms with E-state index in [0.717, 1.165) is 36.2 Å². The van der Waals surface area contributed by atoms with Gasteiger partial charge in [-0.25, -0.2) is 9.97 Å². The summed E-state index contributed by atoms with van der Waals surface area (Å²) < 4.78 is 47.0. The second-order valence-corrected chi connectivity index (χ2v) is 10.3. The van der Waals surface area contributed by atoms with Gasteiger partial charge in [-0.05, 0) is 50.6 Å². The highest BCUT2D eigenvalue weighted by atomic mass is 19.4. The Kier molecular flexibility index (Phi) is 7.04. The predicted octanol–water partition coefficient (Wildman–Crippen LogP) is 4.15. The van der Waals surface area contributed by atoms with Crippen LogP contribution >= 0.6 is 0 Å². The number of carbonyl (C=O) groups excluding carboxylic acids is 1. The number of aryl methyl sites for hydroxylation is 1. The fraction of sp³-hybridized carbons (Fsp3) is 0.385. The molecule has 210 valence electrons. The molecule has 4 heterocycles. The highest BCUT2D eigenvalue weighted by Crippen LogP contribution is 2.39. The number of nitrogens with one attached hydrogen (secondary N) is 2. The van der Waals surface area contributed by atoms with Crippen LogP contribution < -0.4 is 10.6 Å². The lowest BCUT2D eigenvalue weighted by Gasteiger charge is -2.23. The fourth-order valence-electron chi connectivity index (χ4n) is 4.37. The van der Waals surface area contributed by atoms with Gasteiger partial charge in [0.15, 0.2) is 0 Å². The molecule has 0 saturated heterocycles. The van der Waals surface area contributed by atoms with Gasteiger partial charge < -0.3 is 20.0 Å². The Bertz CT molecular complexity index is 1530. The quantitative estimate of drug-likeness (QED) is 0.361. The van der Waals surface area contributed by atoms with Gasteiger partial charge in [-0.1, -0.05) is 12.1 Å². The van der Waals surface area contributed by atoms with E-state index in [2.05, 4.69) is 40.8 Å². The molecule has 0 fully saturated rings. The molecule has 40 heavy (non-hydrogen) atoms. The van der Waals surface area contributed by atoms with Gasteiger partial charge in [-0.3, -0.25) is 9.48 Å². The van der Waals surface area contributed by atoms with Crippen molar-refractivity contribution in [2.24, 2.45) is 7.05 Å². The fourth-order valence-corrected chi connectivity index (χ4v) is 4.37. The molecule has 5 rings (SSSR count). The molecule has 0 bridgehead atoms. The van der Waals surface area contributed by atoms with Crippen molar-refractivity contribution in [2.75, 3.05) is 18.9 Å². The zero-order valence-electron chi connectivity index (χ0n) is 22.3. The average molecular weight is 556 g/mol. The number of carbonyl (C=O) groups is 1. The minimum atomic E-state index is -4.62. The van der Waals surface area contributed by atoms with Crippen LogP contribution in [0.1, 0.15) is 54.0 Å². The number of aromatic nitrogens is 6. The van der Waals surface area contributed by atoms with Crippen LogP contribution in [0.2, 0.25) is 0 Å². The molecule has 0 unspecified atom stereocenters. The number of anilines is 2. The lowest BCUT2D eigenvalue weighted by Crippen LogP contribution is -2.36. The first-order valence-corrected chi connectivity index (χ1v) is 12.5. The molecule has 1 aromatic carbocycles. The molecule has 1 aliphatic heterocycles. The third kappa shape index (κ3) is 5.52. The van der Waals surface area contributed by atoms with Crippen molar-refractivity contribution in [3.05, 3.63) is 65.8 Å². The van der Waals surface area contributed by atoms with Gasteiger partial charge in [0.25, 0.3) is 0 Å². The van der Waals surface area contributed by atoms with Crippen LogP contribution in [0.5, 0.6) is 0 Å². The molecule has 0 saturated carbocycles. The summed E-state index contributed by atoms with van der Waals surface area (Å²) in [5.41, 5.74) is 1.82. The Morgan fingerprint density at radius 2 is 1.95 bits per heavy atom. The van der Waals surface area contributed by atoms with Gasteiger partial charge in [0.05, 0.1) is 23.6 Å². The monoisotopic (exact) mass is 555 g/mol. The Hall–Kier alpha value is -4.33. The first kappa shape index (κ1) is 27.2. The summed E-state index contributed by atoms with van der Waals surface area (Å²) in [7, 11) is 3.80. The minimum absolute atomic E-state index is 0.416. The molecule has 1 aliphatic rings. The van der Waals surface area contributed by atoms with Crippen molar-refractivity contribution in [3.8, 4) is 11.3 Å². The zero-order chi connectivity index (χ0) is 28.7. The van der Waals surface area contributed by atoms with Gasteiger partial charge in [0.2, 0.25) is 11.8 Å². The summed E-state index contributed by atoms with van der Waals surface area (Å²) in [5, 5.41) is 17.2. The third-order valence-electron chi connectivity index (χ3n) is 6.84. The molecular formula is C26H28F3N9O2. The van der Waals surface area contributed by atoms with Crippen LogP contribution in [-0.4, -0.2) is 60.5 Å². The molecule has 1 amide bonds. The van der Waals surface area contributed by atoms with Crippen molar-refractivity contribution in [2.45, 2.75) is 44.4 Å². The van der Waals surface area contributed by atoms with E-state index in [0.29, 0.717) is 31.2 Å². The lowest BCUT2D eigenvalue weighted by atomic mass is 9.93. The van der Waals surface area contributed by atoms with Crippen LogP contribution in [0.15, 0.2) is 47.3 Å². The van der Waals surface area contributed by atoms with E-state index in [-0.39, 0.29) is 0 Å². The molecule has 2 N–H and O–H groups in total. The molecular weight excluding hydrogens is 527 g/mol. The molecule has 1 atom stereocenters. The Morgan fingerprint density at radius 3 is 2.67 bits per heavy atom. The van der Waals surface area contributed by atoms with Crippen LogP contribution in [0.3, 0.4) is 0 Å². The van der Waals surface area contributed by atoms with Crippen molar-refractivity contribution >= 4 is 17.5 Å². The van der Waals surface area contributed by atoms with Crippen molar-refractivity contribution in [1.82, 2.24) is 40.2 Å². The van der Waals surface area contributed by atoms with E-state index in [1.165, 1.54) is 0 Å². The maximum absolute atomic E-state index is 13.4. The minimum Gasteiger partial charge on any atom is -0.416 e. The Morgan fingerprint density at radius 1 is 1.15 bits per heavy atom. The van der Waals surface area contributed by atoms with Gasteiger partial charge in [-0.2, -0.15) is 18.3 Å². The number of hydrogen-bond donors (Lipinski definition) is 2. The van der Waals surface area contributed by atoms with Crippen LogP contribution in [0.4, 0.5) is 24.8 Å². The first-order chi connectivity index (χ1) is 18.9. The summed E-state index contributed by atoms with van der Waals surface area (Å²) in [6.45, 7) is 3.16. The summed E-state index contributed by atoms with van der Waals surface area (Å²) >= 11 is 0. The first-order valence-electron chi connectivity index (χ1n) is 12.5. The van der Waals surface area contributed by atoms with Crippen LogP contribution in [0, 0.1) is 0 Å². The average Bonchev–Trinajstić information content (AvgIpc) is 3.52. The summed E-state index contributed by atoms with van der Waals surface area (Å²) in [4.78, 5) is 24.0. The number of nitrogens with zero attached hydrogens (tertiary/aromatic N) is 7. The third-order valence-corrected chi connectivity index (χ3v) is 6.84. The van der Waals surface area contributed by atoms with Gasteiger partial charge in [0.1, 0.15) is 5.41 Å². The Labute approximate surface area is 227 Å². The predicted molar refractivity (Wildman–Crippen MR) is 138 cm³/mol. The van der Waals surface area contributed by atoms with E-state index in [1.807, 2.05) is 44.6 Å². The van der Waals surface area contributed by atoms with Crippen molar-refractivity contribution in [3.63, 3.8) is 0 Å². The molecule has 0 radical (unpaired) electrons. The van der Waals surface area contributed by atoms with Gasteiger partial charge in [-0.15, -0.1) is 10.2 Å². The van der Waals surface area contributed by atoms with E-state index in [4.69, 9.17) is 4.42 Å². The second kappa shape index (κ2) is 10.3. The molecule has 4 aromatic rings. The highest BCUT2D eigenvalue weighted by molar-refractivity contribution is 5.89. The summed E-state index contributed by atoms with van der Waals surface area (Å²) in [6.07, 6.45) is 1.12. The summed E-state index contributed by atoms with van der Waals surface area (Å²) in [6, 6.07) is 7.25. The number of alkyl halides is 3. The molecule has 11 nitrogen and oxygen atoms in total. The molecule has 0 aliphatic carbocycles. The highest BCUT2D eigenvalue weighted by Gasteiger charge is 2.52. The van der Waals surface area contributed by atoms with E-state index in [1.54, 1.807) is 17.1 Å². The van der Waals surface area contributed by atoms with Crippen molar-refractivity contribution in [1.29, 1.82) is 0 Å². The van der Waals surface area contributed by atoms with Crippen molar-refractivity contribution < 1.29 is 22.4 Å². The molecule has 3 aromatic heterocycles. The topological polar surface area (TPSA) is 127 Å². The van der Waals surface area contributed by atoms with Gasteiger partial charge >= 0.3 is 18.0 Å². The number of hydrogen-bond acceptors (Lipinski definition) is 9.